The summed E-state index contributed by atoms with van der Waals surface area (Å²) < 4.78 is 0. The van der Waals surface area contributed by atoms with E-state index >= 15 is 0 Å². The lowest BCUT2D eigenvalue weighted by Gasteiger charge is -2.18. The second-order valence-electron chi connectivity index (χ2n) is 8.18. The van der Waals surface area contributed by atoms with E-state index in [0.717, 1.165) is 32.7 Å². The third kappa shape index (κ3) is 4.53. The molecule has 1 heteroatoms. The lowest BCUT2D eigenvalue weighted by atomic mass is 9.89. The van der Waals surface area contributed by atoms with Crippen molar-refractivity contribution in [3.63, 3.8) is 0 Å². The van der Waals surface area contributed by atoms with Gasteiger partial charge in [-0.3, -0.25) is 0 Å². The highest BCUT2D eigenvalue weighted by atomic mass is 16.3. The van der Waals surface area contributed by atoms with Crippen molar-refractivity contribution in [3.8, 4) is 35.5 Å². The van der Waals surface area contributed by atoms with Crippen LogP contribution in [0.2, 0.25) is 0 Å². The Labute approximate surface area is 206 Å². The zero-order chi connectivity index (χ0) is 24.1. The van der Waals surface area contributed by atoms with E-state index in [0.29, 0.717) is 11.1 Å². The first kappa shape index (κ1) is 22.1. The average Bonchev–Trinajstić information content (AvgIpc) is 2.91. The number of rotatable bonds is 1. The van der Waals surface area contributed by atoms with Crippen LogP contribution >= 0.6 is 0 Å². The van der Waals surface area contributed by atoms with Gasteiger partial charge in [-0.05, 0) is 58.5 Å². The summed E-state index contributed by atoms with van der Waals surface area (Å²) in [6.07, 6.45) is 0. The molecule has 35 heavy (non-hydrogen) atoms. The van der Waals surface area contributed by atoms with Crippen LogP contribution < -0.4 is 0 Å². The molecule has 0 aromatic heterocycles. The summed E-state index contributed by atoms with van der Waals surface area (Å²) >= 11 is 0. The van der Waals surface area contributed by atoms with Crippen LogP contribution in [-0.2, 0) is 5.60 Å². The molecule has 0 atom stereocenters. The first-order chi connectivity index (χ1) is 17.2. The molecule has 164 valence electrons. The number of benzene rings is 5. The zero-order valence-electron chi connectivity index (χ0n) is 19.3. The van der Waals surface area contributed by atoms with Crippen LogP contribution in [0.1, 0.15) is 29.2 Å². The fourth-order valence-corrected chi connectivity index (χ4v) is 4.19. The number of hydrogen-bond donors (Lipinski definition) is 1. The van der Waals surface area contributed by atoms with Crippen molar-refractivity contribution in [1.82, 2.24) is 0 Å². The van der Waals surface area contributed by atoms with E-state index < -0.39 is 5.60 Å². The third-order valence-electron chi connectivity index (χ3n) is 5.91. The molecule has 0 unspecified atom stereocenters. The molecule has 0 radical (unpaired) electrons. The Kier molecular flexibility index (Phi) is 6.07. The molecule has 5 aromatic carbocycles. The predicted molar refractivity (Wildman–Crippen MR) is 145 cm³/mol. The molecule has 1 nitrogen and oxygen atoms in total. The van der Waals surface area contributed by atoms with E-state index in [1.165, 1.54) is 0 Å². The fourth-order valence-electron chi connectivity index (χ4n) is 4.19. The van der Waals surface area contributed by atoms with Crippen LogP contribution in [0.5, 0.6) is 0 Å². The molecule has 0 saturated heterocycles. The molecule has 0 saturated carbocycles. The Hall–Kier alpha value is -4.74. The Morgan fingerprint density at radius 3 is 1.54 bits per heavy atom. The van der Waals surface area contributed by atoms with E-state index in [4.69, 9.17) is 0 Å². The van der Waals surface area contributed by atoms with E-state index in [9.17, 15) is 5.11 Å². The van der Waals surface area contributed by atoms with Crippen LogP contribution in [0.25, 0.3) is 21.5 Å². The van der Waals surface area contributed by atoms with Gasteiger partial charge in [0, 0.05) is 22.3 Å². The molecule has 1 N–H and O–H groups in total. The summed E-state index contributed by atoms with van der Waals surface area (Å²) in [6, 6.07) is 35.7. The Balaban J connectivity index is 1.71. The highest BCUT2D eigenvalue weighted by molar-refractivity contribution is 5.89. The van der Waals surface area contributed by atoms with Gasteiger partial charge in [-0.1, -0.05) is 109 Å². The molecule has 0 spiro atoms. The number of fused-ring (bicyclic) bond motifs is 2. The topological polar surface area (TPSA) is 20.2 Å². The maximum absolute atomic E-state index is 11.9. The van der Waals surface area contributed by atoms with Gasteiger partial charge in [-0.25, -0.2) is 0 Å². The van der Waals surface area contributed by atoms with Gasteiger partial charge >= 0.3 is 0 Å². The van der Waals surface area contributed by atoms with Crippen molar-refractivity contribution in [2.45, 2.75) is 12.5 Å². The van der Waals surface area contributed by atoms with E-state index in [1.54, 1.807) is 6.92 Å². The van der Waals surface area contributed by atoms with Crippen LogP contribution in [0, 0.1) is 35.5 Å². The van der Waals surface area contributed by atoms with Crippen LogP contribution in [0.3, 0.4) is 0 Å². The van der Waals surface area contributed by atoms with Crippen LogP contribution in [0.4, 0.5) is 0 Å². The monoisotopic (exact) mass is 446 g/mol. The Bertz CT molecular complexity index is 1630. The van der Waals surface area contributed by atoms with Gasteiger partial charge in [-0.15, -0.1) is 5.92 Å². The van der Waals surface area contributed by atoms with Gasteiger partial charge in [0.15, 0.2) is 0 Å². The summed E-state index contributed by atoms with van der Waals surface area (Å²) in [5.41, 5.74) is 1.25. The molecule has 5 rings (SSSR count). The van der Waals surface area contributed by atoms with Gasteiger partial charge < -0.3 is 5.11 Å². The Morgan fingerprint density at radius 2 is 0.971 bits per heavy atom. The van der Waals surface area contributed by atoms with Gasteiger partial charge in [0.05, 0.1) is 0 Å². The molecule has 5 aromatic rings. The van der Waals surface area contributed by atoms with Crippen molar-refractivity contribution >= 4 is 21.5 Å². The number of aliphatic hydroxyl groups is 1. The molecule has 0 fully saturated rings. The third-order valence-corrected chi connectivity index (χ3v) is 5.91. The van der Waals surface area contributed by atoms with Crippen molar-refractivity contribution in [2.24, 2.45) is 0 Å². The van der Waals surface area contributed by atoms with Crippen molar-refractivity contribution < 1.29 is 5.11 Å². The highest BCUT2D eigenvalue weighted by Crippen LogP contribution is 2.26. The van der Waals surface area contributed by atoms with E-state index in [2.05, 4.69) is 59.8 Å². The second kappa shape index (κ2) is 9.63. The number of hydrogen-bond acceptors (Lipinski definition) is 1. The van der Waals surface area contributed by atoms with Crippen molar-refractivity contribution in [1.29, 1.82) is 0 Å². The summed E-state index contributed by atoms with van der Waals surface area (Å²) in [4.78, 5) is 0. The summed E-state index contributed by atoms with van der Waals surface area (Å²) in [5.74, 6) is 18.7. The molecule has 0 aliphatic carbocycles. The van der Waals surface area contributed by atoms with E-state index in [1.807, 2.05) is 84.9 Å². The van der Waals surface area contributed by atoms with Crippen LogP contribution in [-0.4, -0.2) is 5.11 Å². The molecule has 0 bridgehead atoms. The standard InChI is InChI=1S/C34H22O/c1-2-11-30-14-5-8-21-33(30)34(35,24-22-28-17-9-15-26-12-3-6-19-31(26)28)25-23-29-18-10-16-27-13-4-7-20-32(27)29/h3-10,12-21,35H,1H3. The first-order valence-electron chi connectivity index (χ1n) is 11.4. The quantitative estimate of drug-likeness (QED) is 0.286. The van der Waals surface area contributed by atoms with Gasteiger partial charge in [0.25, 0.3) is 0 Å². The van der Waals surface area contributed by atoms with Crippen molar-refractivity contribution in [2.75, 3.05) is 0 Å². The van der Waals surface area contributed by atoms with Crippen LogP contribution in [0.15, 0.2) is 109 Å². The maximum Gasteiger partial charge on any atom is 0.215 e. The van der Waals surface area contributed by atoms with Gasteiger partial charge in [0.1, 0.15) is 0 Å². The van der Waals surface area contributed by atoms with Crippen molar-refractivity contribution in [3.05, 3.63) is 131 Å². The molecule has 0 aliphatic heterocycles. The zero-order valence-corrected chi connectivity index (χ0v) is 19.3. The molecule has 0 aliphatic rings. The van der Waals surface area contributed by atoms with Gasteiger partial charge in [-0.2, -0.15) is 0 Å². The minimum Gasteiger partial charge on any atom is -0.363 e. The second-order valence-corrected chi connectivity index (χ2v) is 8.18. The lowest BCUT2D eigenvalue weighted by Crippen LogP contribution is -2.23. The summed E-state index contributed by atoms with van der Waals surface area (Å²) in [5, 5.41) is 16.2. The van der Waals surface area contributed by atoms with Gasteiger partial charge in [0.2, 0.25) is 5.60 Å². The minimum atomic E-state index is -1.71. The highest BCUT2D eigenvalue weighted by Gasteiger charge is 2.27. The lowest BCUT2D eigenvalue weighted by molar-refractivity contribution is 0.164. The summed E-state index contributed by atoms with van der Waals surface area (Å²) in [7, 11) is 0. The Morgan fingerprint density at radius 1 is 0.514 bits per heavy atom. The molecule has 0 heterocycles. The summed E-state index contributed by atoms with van der Waals surface area (Å²) in [6.45, 7) is 1.78. The molecule has 0 amide bonds. The average molecular weight is 447 g/mol. The molecular formula is C34H22O. The van der Waals surface area contributed by atoms with E-state index in [-0.39, 0.29) is 0 Å². The first-order valence-corrected chi connectivity index (χ1v) is 11.4. The largest absolute Gasteiger partial charge is 0.363 e. The smallest absolute Gasteiger partial charge is 0.215 e. The SMILES string of the molecule is CC#Cc1ccccc1C(O)(C#Cc1cccc2ccccc12)C#Cc1cccc2ccccc12. The molecular weight excluding hydrogens is 424 g/mol. The predicted octanol–water partition coefficient (Wildman–Crippen LogP) is 6.66. The fraction of sp³-hybridized carbons (Fsp3) is 0.0588. The minimum absolute atomic E-state index is 0.579. The maximum atomic E-state index is 11.9. The normalized spacial score (nSPS) is 10.5.